The number of carbonyl (C=O) groups excluding carboxylic acids is 1. The second-order valence-electron chi connectivity index (χ2n) is 9.58. The van der Waals surface area contributed by atoms with Crippen LogP contribution in [-0.2, 0) is 16.0 Å². The van der Waals surface area contributed by atoms with E-state index in [9.17, 15) is 4.79 Å². The van der Waals surface area contributed by atoms with Gasteiger partial charge in [-0.25, -0.2) is 0 Å². The Kier molecular flexibility index (Phi) is 8.32. The number of piperidine rings is 1. The van der Waals surface area contributed by atoms with E-state index in [0.717, 1.165) is 45.3 Å². The molecule has 32 heavy (non-hydrogen) atoms. The van der Waals surface area contributed by atoms with Gasteiger partial charge >= 0.3 is 0 Å². The van der Waals surface area contributed by atoms with Crippen molar-refractivity contribution in [1.29, 1.82) is 0 Å². The van der Waals surface area contributed by atoms with Gasteiger partial charge in [0.2, 0.25) is 0 Å². The van der Waals surface area contributed by atoms with Gasteiger partial charge in [0.05, 0.1) is 32.3 Å². The molecule has 4 rings (SSSR count). The van der Waals surface area contributed by atoms with Crippen molar-refractivity contribution >= 4 is 5.91 Å². The summed E-state index contributed by atoms with van der Waals surface area (Å²) in [7, 11) is 0. The van der Waals surface area contributed by atoms with E-state index >= 15 is 0 Å². The van der Waals surface area contributed by atoms with Gasteiger partial charge in [0.25, 0.3) is 5.91 Å². The number of carbonyl (C=O) groups is 1. The minimum absolute atomic E-state index is 0.0908. The van der Waals surface area contributed by atoms with E-state index in [2.05, 4.69) is 72.9 Å². The van der Waals surface area contributed by atoms with E-state index in [1.165, 1.54) is 40.2 Å². The molecule has 2 aromatic rings. The number of hydrogen-bond acceptors (Lipinski definition) is 2. The Morgan fingerprint density at radius 1 is 0.969 bits per heavy atom. The Morgan fingerprint density at radius 3 is 2.25 bits per heavy atom. The van der Waals surface area contributed by atoms with Crippen molar-refractivity contribution in [2.24, 2.45) is 5.92 Å². The Balaban J connectivity index is 1.28. The molecule has 0 bridgehead atoms. The van der Waals surface area contributed by atoms with Gasteiger partial charge in [-0.2, -0.15) is 0 Å². The molecular weight excluding hydrogens is 398 g/mol. The standard InChI is InChI=1S/C27H37N3O2/c1-22(27(25-10-6-3-7-11-25)30-16-18-32-19-17-30)28-26(31)21-29-14-12-24(13-15-29)20-23-8-4-2-5-9-23/h2-11,22,24,27H,12-21H2,1H3,(H,28,31)/p+2/t22-,27+/m1/s1. The average molecular weight is 438 g/mol. The molecule has 0 aromatic heterocycles. The summed E-state index contributed by atoms with van der Waals surface area (Å²) in [4.78, 5) is 15.9. The molecule has 0 radical (unpaired) electrons. The first-order valence-electron chi connectivity index (χ1n) is 12.3. The Morgan fingerprint density at radius 2 is 1.59 bits per heavy atom. The lowest BCUT2D eigenvalue weighted by Gasteiger charge is -2.35. The Bertz CT molecular complexity index is 815. The van der Waals surface area contributed by atoms with Crippen molar-refractivity contribution in [3.63, 3.8) is 0 Å². The lowest BCUT2D eigenvalue weighted by molar-refractivity contribution is -0.940. The van der Waals surface area contributed by atoms with E-state index in [1.807, 2.05) is 0 Å². The highest BCUT2D eigenvalue weighted by atomic mass is 16.5. The van der Waals surface area contributed by atoms with Crippen LogP contribution in [0, 0.1) is 5.92 Å². The van der Waals surface area contributed by atoms with Crippen LogP contribution in [0.25, 0.3) is 0 Å². The minimum Gasteiger partial charge on any atom is -0.370 e. The maximum atomic E-state index is 12.9. The first kappa shape index (κ1) is 23.0. The molecule has 2 saturated heterocycles. The van der Waals surface area contributed by atoms with Crippen LogP contribution in [0.1, 0.15) is 36.9 Å². The molecule has 2 atom stereocenters. The molecule has 2 aromatic carbocycles. The molecule has 0 unspecified atom stereocenters. The van der Waals surface area contributed by atoms with Crippen LogP contribution < -0.4 is 15.1 Å². The molecule has 172 valence electrons. The van der Waals surface area contributed by atoms with Gasteiger partial charge in [-0.1, -0.05) is 60.7 Å². The number of ether oxygens (including phenoxy) is 1. The number of likely N-dealkylation sites (tertiary alicyclic amines) is 1. The van der Waals surface area contributed by atoms with Crippen molar-refractivity contribution in [3.8, 4) is 0 Å². The maximum Gasteiger partial charge on any atom is 0.275 e. The van der Waals surface area contributed by atoms with Crippen LogP contribution in [0.3, 0.4) is 0 Å². The van der Waals surface area contributed by atoms with Crippen molar-refractivity contribution < 1.29 is 19.3 Å². The molecule has 1 amide bonds. The first-order valence-corrected chi connectivity index (χ1v) is 12.3. The number of amides is 1. The SMILES string of the molecule is C[C@@H](NC(=O)C[NH+]1CCC(Cc2ccccc2)CC1)[C@@H](c1ccccc1)[NH+]1CCOCC1. The largest absolute Gasteiger partial charge is 0.370 e. The molecule has 5 nitrogen and oxygen atoms in total. The summed E-state index contributed by atoms with van der Waals surface area (Å²) >= 11 is 0. The van der Waals surface area contributed by atoms with Gasteiger partial charge in [0, 0.05) is 5.56 Å². The fourth-order valence-electron chi connectivity index (χ4n) is 5.51. The van der Waals surface area contributed by atoms with Gasteiger partial charge < -0.3 is 19.9 Å². The van der Waals surface area contributed by atoms with Crippen molar-refractivity contribution in [2.75, 3.05) is 45.9 Å². The molecule has 2 aliphatic heterocycles. The highest BCUT2D eigenvalue weighted by molar-refractivity contribution is 5.77. The minimum atomic E-state index is 0.0908. The number of morpholine rings is 1. The predicted molar refractivity (Wildman–Crippen MR) is 127 cm³/mol. The summed E-state index contributed by atoms with van der Waals surface area (Å²) in [5.41, 5.74) is 2.73. The third-order valence-electron chi connectivity index (χ3n) is 7.21. The first-order chi connectivity index (χ1) is 15.7. The lowest BCUT2D eigenvalue weighted by atomic mass is 9.90. The smallest absolute Gasteiger partial charge is 0.275 e. The summed E-state index contributed by atoms with van der Waals surface area (Å²) in [6.07, 6.45) is 3.58. The molecule has 5 heteroatoms. The van der Waals surface area contributed by atoms with Crippen LogP contribution in [0.5, 0.6) is 0 Å². The zero-order valence-electron chi connectivity index (χ0n) is 19.4. The van der Waals surface area contributed by atoms with E-state index in [-0.39, 0.29) is 18.0 Å². The molecule has 0 aliphatic carbocycles. The number of hydrogen-bond donors (Lipinski definition) is 3. The molecule has 2 fully saturated rings. The van der Waals surface area contributed by atoms with Crippen LogP contribution in [-0.4, -0.2) is 57.9 Å². The van der Waals surface area contributed by atoms with Crippen LogP contribution in [0.15, 0.2) is 60.7 Å². The topological polar surface area (TPSA) is 47.2 Å². The van der Waals surface area contributed by atoms with Crippen LogP contribution in [0.2, 0.25) is 0 Å². The van der Waals surface area contributed by atoms with E-state index in [4.69, 9.17) is 4.74 Å². The quantitative estimate of drug-likeness (QED) is 0.569. The maximum absolute atomic E-state index is 12.9. The van der Waals surface area contributed by atoms with Gasteiger partial charge in [0.15, 0.2) is 6.54 Å². The van der Waals surface area contributed by atoms with Gasteiger partial charge in [-0.15, -0.1) is 0 Å². The zero-order valence-corrected chi connectivity index (χ0v) is 19.4. The van der Waals surface area contributed by atoms with Crippen molar-refractivity contribution in [1.82, 2.24) is 5.32 Å². The van der Waals surface area contributed by atoms with Crippen LogP contribution >= 0.6 is 0 Å². The van der Waals surface area contributed by atoms with Gasteiger partial charge in [0.1, 0.15) is 19.1 Å². The summed E-state index contributed by atoms with van der Waals surface area (Å²) in [5, 5.41) is 3.35. The predicted octanol–water partition coefficient (Wildman–Crippen LogP) is 0.685. The van der Waals surface area contributed by atoms with E-state index < -0.39 is 0 Å². The monoisotopic (exact) mass is 437 g/mol. The Labute approximate surface area is 192 Å². The summed E-state index contributed by atoms with van der Waals surface area (Å²) in [5.74, 6) is 0.929. The second-order valence-corrected chi connectivity index (χ2v) is 9.58. The molecule has 2 heterocycles. The van der Waals surface area contributed by atoms with E-state index in [1.54, 1.807) is 0 Å². The van der Waals surface area contributed by atoms with Crippen molar-refractivity contribution in [2.45, 2.75) is 38.3 Å². The number of rotatable bonds is 8. The zero-order chi connectivity index (χ0) is 22.2. The molecular formula is C27H39N3O2+2. The number of nitrogens with one attached hydrogen (secondary N) is 3. The number of benzene rings is 2. The van der Waals surface area contributed by atoms with Gasteiger partial charge in [-0.3, -0.25) is 4.79 Å². The second kappa shape index (κ2) is 11.6. The molecule has 0 spiro atoms. The van der Waals surface area contributed by atoms with E-state index in [0.29, 0.717) is 6.54 Å². The third kappa shape index (κ3) is 6.41. The highest BCUT2D eigenvalue weighted by Crippen LogP contribution is 2.17. The van der Waals surface area contributed by atoms with Gasteiger partial charge in [-0.05, 0) is 37.7 Å². The van der Waals surface area contributed by atoms with Crippen molar-refractivity contribution in [3.05, 3.63) is 71.8 Å². The fourth-order valence-corrected chi connectivity index (χ4v) is 5.51. The summed E-state index contributed by atoms with van der Waals surface area (Å²) in [6.45, 7) is 8.50. The summed E-state index contributed by atoms with van der Waals surface area (Å²) in [6, 6.07) is 21.8. The van der Waals surface area contributed by atoms with Crippen LogP contribution in [0.4, 0.5) is 0 Å². The molecule has 0 saturated carbocycles. The summed E-state index contributed by atoms with van der Waals surface area (Å²) < 4.78 is 5.58. The average Bonchev–Trinajstić information content (AvgIpc) is 2.82. The fraction of sp³-hybridized carbons (Fsp3) is 0.519. The molecule has 3 N–H and O–H groups in total. The Hall–Kier alpha value is -2.21. The molecule has 2 aliphatic rings. The lowest BCUT2D eigenvalue weighted by Crippen LogP contribution is -3.16. The number of quaternary nitrogens is 2. The highest BCUT2D eigenvalue weighted by Gasteiger charge is 2.33. The normalized spacial score (nSPS) is 23.9. The third-order valence-corrected chi connectivity index (χ3v) is 7.21.